The molecule has 1 N–H and O–H groups in total. The highest BCUT2D eigenvalue weighted by atomic mass is 32.2. The van der Waals surface area contributed by atoms with Crippen molar-refractivity contribution in [3.8, 4) is 5.75 Å². The van der Waals surface area contributed by atoms with E-state index in [0.29, 0.717) is 29.2 Å². The molecule has 1 amide bonds. The summed E-state index contributed by atoms with van der Waals surface area (Å²) in [5, 5.41) is 10.1. The molecule has 0 saturated carbocycles. The number of nitrogens with zero attached hydrogens (tertiary/aromatic N) is 2. The molecule has 3 aromatic carbocycles. The number of fused-ring (bicyclic) bond motifs is 1. The number of amides is 1. The number of ether oxygens (including phenoxy) is 1. The molecule has 37 heavy (non-hydrogen) atoms. The number of sulfonamides is 1. The largest absolute Gasteiger partial charge is 0.494 e. The molecule has 0 aromatic heterocycles. The van der Waals surface area contributed by atoms with Gasteiger partial charge >= 0.3 is 5.97 Å². The number of unbranched alkanes of at least 4 members (excludes halogenated alkanes) is 2. The standard InChI is InChI=1S/C28H30N2O6S/c1-2-3-9-18-36-23-14-16-24(17-15-23)37(34,35)30-19-22-12-7-8-13-25(22)29(20-26(30)28(32)33)27(31)21-10-5-4-6-11-21/h4-8,10-17,26H,2-3,9,18-20H2,1H3,(H,32,33). The molecule has 1 atom stereocenters. The van der Waals surface area contributed by atoms with Crippen LogP contribution in [0.25, 0.3) is 0 Å². The summed E-state index contributed by atoms with van der Waals surface area (Å²) in [5.74, 6) is -1.19. The molecule has 194 valence electrons. The molecule has 1 heterocycles. The zero-order valence-electron chi connectivity index (χ0n) is 20.6. The third-order valence-electron chi connectivity index (χ3n) is 6.31. The van der Waals surface area contributed by atoms with E-state index in [2.05, 4.69) is 6.92 Å². The minimum atomic E-state index is -4.22. The van der Waals surface area contributed by atoms with E-state index in [1.807, 2.05) is 0 Å². The fourth-order valence-electron chi connectivity index (χ4n) is 4.32. The molecule has 1 aliphatic heterocycles. The SMILES string of the molecule is CCCCCOc1ccc(S(=O)(=O)N2Cc3ccccc3N(C(=O)c3ccccc3)CC2C(=O)O)cc1. The lowest BCUT2D eigenvalue weighted by atomic mass is 10.1. The van der Waals surface area contributed by atoms with Crippen LogP contribution in [-0.2, 0) is 21.4 Å². The quantitative estimate of drug-likeness (QED) is 0.413. The molecule has 1 unspecified atom stereocenters. The number of hydrogen-bond acceptors (Lipinski definition) is 5. The van der Waals surface area contributed by atoms with Gasteiger partial charge in [0, 0.05) is 17.8 Å². The summed E-state index contributed by atoms with van der Waals surface area (Å²) < 4.78 is 34.1. The van der Waals surface area contributed by atoms with E-state index < -0.39 is 27.9 Å². The van der Waals surface area contributed by atoms with Crippen molar-refractivity contribution in [3.05, 3.63) is 90.0 Å². The summed E-state index contributed by atoms with van der Waals surface area (Å²) >= 11 is 0. The molecule has 4 rings (SSSR count). The number of anilines is 1. The second-order valence-corrected chi connectivity index (χ2v) is 10.7. The molecule has 3 aromatic rings. The molecule has 1 aliphatic rings. The van der Waals surface area contributed by atoms with Crippen LogP contribution in [-0.4, -0.2) is 48.9 Å². The highest BCUT2D eigenvalue weighted by molar-refractivity contribution is 7.89. The topological polar surface area (TPSA) is 104 Å². The van der Waals surface area contributed by atoms with Gasteiger partial charge in [0.05, 0.1) is 18.0 Å². The van der Waals surface area contributed by atoms with Gasteiger partial charge in [0.15, 0.2) is 0 Å². The average Bonchev–Trinajstić information content (AvgIpc) is 3.09. The van der Waals surface area contributed by atoms with Crippen LogP contribution in [0.15, 0.2) is 83.8 Å². The Bertz CT molecular complexity index is 1340. The van der Waals surface area contributed by atoms with Gasteiger partial charge in [0.1, 0.15) is 11.8 Å². The van der Waals surface area contributed by atoms with Crippen LogP contribution < -0.4 is 9.64 Å². The molecule has 0 radical (unpaired) electrons. The van der Waals surface area contributed by atoms with Crippen molar-refractivity contribution in [2.24, 2.45) is 0 Å². The molecule has 0 spiro atoms. The van der Waals surface area contributed by atoms with Gasteiger partial charge in [0.2, 0.25) is 10.0 Å². The van der Waals surface area contributed by atoms with Crippen molar-refractivity contribution in [2.75, 3.05) is 18.1 Å². The Hall–Kier alpha value is -3.69. The number of carbonyl (C=O) groups is 2. The Kier molecular flexibility index (Phi) is 8.25. The lowest BCUT2D eigenvalue weighted by molar-refractivity contribution is -0.141. The minimum absolute atomic E-state index is 0.0417. The van der Waals surface area contributed by atoms with Crippen LogP contribution in [0.5, 0.6) is 5.75 Å². The van der Waals surface area contributed by atoms with Crippen molar-refractivity contribution in [2.45, 2.75) is 43.7 Å². The van der Waals surface area contributed by atoms with E-state index in [0.717, 1.165) is 23.6 Å². The molecule has 0 bridgehead atoms. The van der Waals surface area contributed by atoms with Gasteiger partial charge < -0.3 is 14.7 Å². The summed E-state index contributed by atoms with van der Waals surface area (Å²) in [7, 11) is -4.22. The zero-order chi connectivity index (χ0) is 26.4. The number of aliphatic carboxylic acids is 1. The van der Waals surface area contributed by atoms with Crippen molar-refractivity contribution < 1.29 is 27.9 Å². The van der Waals surface area contributed by atoms with Gasteiger partial charge in [-0.3, -0.25) is 9.59 Å². The first kappa shape index (κ1) is 26.4. The number of rotatable bonds is 9. The van der Waals surface area contributed by atoms with Crippen molar-refractivity contribution in [1.82, 2.24) is 4.31 Å². The first-order valence-corrected chi connectivity index (χ1v) is 13.7. The number of hydrogen-bond donors (Lipinski definition) is 1. The second kappa shape index (κ2) is 11.6. The van der Waals surface area contributed by atoms with Gasteiger partial charge in [-0.05, 0) is 54.4 Å². The smallest absolute Gasteiger partial charge is 0.323 e. The number of benzene rings is 3. The monoisotopic (exact) mass is 522 g/mol. The summed E-state index contributed by atoms with van der Waals surface area (Å²) in [4.78, 5) is 27.2. The van der Waals surface area contributed by atoms with Crippen molar-refractivity contribution in [1.29, 1.82) is 0 Å². The fraction of sp³-hybridized carbons (Fsp3) is 0.286. The first-order valence-electron chi connectivity index (χ1n) is 12.2. The van der Waals surface area contributed by atoms with Gasteiger partial charge in [-0.1, -0.05) is 56.2 Å². The van der Waals surface area contributed by atoms with Crippen LogP contribution in [0, 0.1) is 0 Å². The van der Waals surface area contributed by atoms with Gasteiger partial charge in [0.25, 0.3) is 5.91 Å². The molecule has 8 nitrogen and oxygen atoms in total. The first-order chi connectivity index (χ1) is 17.8. The predicted molar refractivity (Wildman–Crippen MR) is 140 cm³/mol. The zero-order valence-corrected chi connectivity index (χ0v) is 21.4. The minimum Gasteiger partial charge on any atom is -0.494 e. The third-order valence-corrected chi connectivity index (χ3v) is 8.18. The summed E-state index contributed by atoms with van der Waals surface area (Å²) in [5.41, 5.74) is 1.40. The van der Waals surface area contributed by atoms with Crippen LogP contribution in [0.2, 0.25) is 0 Å². The van der Waals surface area contributed by atoms with E-state index in [9.17, 15) is 23.1 Å². The highest BCUT2D eigenvalue weighted by Gasteiger charge is 2.41. The van der Waals surface area contributed by atoms with E-state index in [1.165, 1.54) is 17.0 Å². The maximum absolute atomic E-state index is 13.7. The number of carboxylic acid groups (broad SMARTS) is 1. The molecule has 0 aliphatic carbocycles. The van der Waals surface area contributed by atoms with Gasteiger partial charge in [-0.2, -0.15) is 4.31 Å². The van der Waals surface area contributed by atoms with Crippen molar-refractivity contribution in [3.63, 3.8) is 0 Å². The van der Waals surface area contributed by atoms with Crippen LogP contribution in [0.4, 0.5) is 5.69 Å². The van der Waals surface area contributed by atoms with Crippen molar-refractivity contribution >= 4 is 27.6 Å². The number of carboxylic acids is 1. The van der Waals surface area contributed by atoms with Crippen LogP contribution in [0.1, 0.15) is 42.1 Å². The second-order valence-electron chi connectivity index (χ2n) is 8.84. The predicted octanol–water partition coefficient (Wildman–Crippen LogP) is 4.56. The van der Waals surface area contributed by atoms with Crippen LogP contribution in [0.3, 0.4) is 0 Å². The lowest BCUT2D eigenvalue weighted by Crippen LogP contribution is -2.50. The summed E-state index contributed by atoms with van der Waals surface area (Å²) in [6, 6.07) is 19.9. The maximum Gasteiger partial charge on any atom is 0.323 e. The molecular weight excluding hydrogens is 492 g/mol. The Morgan fingerprint density at radius 1 is 0.946 bits per heavy atom. The van der Waals surface area contributed by atoms with Gasteiger partial charge in [-0.25, -0.2) is 8.42 Å². The molecule has 9 heteroatoms. The average molecular weight is 523 g/mol. The fourth-order valence-corrected chi connectivity index (χ4v) is 5.87. The molecule has 0 saturated heterocycles. The third kappa shape index (κ3) is 5.84. The highest BCUT2D eigenvalue weighted by Crippen LogP contribution is 2.32. The maximum atomic E-state index is 13.7. The Labute approximate surface area is 217 Å². The number of para-hydroxylation sites is 1. The number of carbonyl (C=O) groups excluding carboxylic acids is 1. The Morgan fingerprint density at radius 2 is 1.62 bits per heavy atom. The Morgan fingerprint density at radius 3 is 2.30 bits per heavy atom. The van der Waals surface area contributed by atoms with E-state index in [-0.39, 0.29) is 18.0 Å². The molecule has 0 fully saturated rings. The lowest BCUT2D eigenvalue weighted by Gasteiger charge is -2.28. The molecular formula is C28H30N2O6S. The van der Waals surface area contributed by atoms with E-state index in [1.54, 1.807) is 66.7 Å². The van der Waals surface area contributed by atoms with E-state index in [4.69, 9.17) is 4.74 Å². The normalized spacial score (nSPS) is 16.0. The summed E-state index contributed by atoms with van der Waals surface area (Å²) in [6.07, 6.45) is 3.02. The van der Waals surface area contributed by atoms with Gasteiger partial charge in [-0.15, -0.1) is 0 Å². The Balaban J connectivity index is 1.67. The van der Waals surface area contributed by atoms with Crippen LogP contribution >= 0.6 is 0 Å². The van der Waals surface area contributed by atoms with E-state index >= 15 is 0 Å². The summed E-state index contributed by atoms with van der Waals surface area (Å²) in [6.45, 7) is 2.11.